The van der Waals surface area contributed by atoms with E-state index >= 15 is 0 Å². The molecule has 0 bridgehead atoms. The van der Waals surface area contributed by atoms with E-state index in [9.17, 15) is 4.79 Å². The van der Waals surface area contributed by atoms with Crippen LogP contribution in [-0.4, -0.2) is 6.08 Å². The first kappa shape index (κ1) is 11.2. The zero-order chi connectivity index (χ0) is 12.6. The van der Waals surface area contributed by atoms with E-state index in [2.05, 4.69) is 11.1 Å². The molecule has 3 rings (SSSR count). The van der Waals surface area contributed by atoms with E-state index in [1.807, 2.05) is 19.1 Å². The molecule has 1 fully saturated rings. The van der Waals surface area contributed by atoms with Gasteiger partial charge in [-0.2, -0.15) is 4.99 Å². The highest BCUT2D eigenvalue weighted by Gasteiger charge is 2.35. The molecule has 1 aliphatic carbocycles. The van der Waals surface area contributed by atoms with Crippen molar-refractivity contribution in [1.29, 1.82) is 0 Å². The topological polar surface area (TPSA) is 42.6 Å². The summed E-state index contributed by atoms with van der Waals surface area (Å²) in [5, 5.41) is 1.11. The second kappa shape index (κ2) is 4.11. The average molecular weight is 241 g/mol. The van der Waals surface area contributed by atoms with Crippen molar-refractivity contribution in [1.82, 2.24) is 0 Å². The highest BCUT2D eigenvalue weighted by molar-refractivity contribution is 5.81. The molecule has 2 aromatic rings. The van der Waals surface area contributed by atoms with Crippen molar-refractivity contribution < 1.29 is 9.21 Å². The highest BCUT2D eigenvalue weighted by atomic mass is 16.3. The van der Waals surface area contributed by atoms with Gasteiger partial charge in [-0.15, -0.1) is 0 Å². The molecule has 0 unspecified atom stereocenters. The van der Waals surface area contributed by atoms with Gasteiger partial charge in [-0.25, -0.2) is 4.79 Å². The summed E-state index contributed by atoms with van der Waals surface area (Å²) < 4.78 is 5.45. The Bertz CT molecular complexity index is 629. The number of aryl methyl sites for hydroxylation is 1. The van der Waals surface area contributed by atoms with Crippen molar-refractivity contribution >= 4 is 17.0 Å². The molecule has 0 saturated heterocycles. The summed E-state index contributed by atoms with van der Waals surface area (Å²) in [6, 6.07) is 6.11. The predicted octanol–water partition coefficient (Wildman–Crippen LogP) is 3.85. The molecule has 1 saturated carbocycles. The van der Waals surface area contributed by atoms with Crippen LogP contribution in [0.2, 0.25) is 0 Å². The summed E-state index contributed by atoms with van der Waals surface area (Å²) in [7, 11) is 0. The average Bonchev–Trinajstić information content (AvgIpc) is 2.98. The molecular formula is C15H15NO2. The minimum atomic E-state index is -0.348. The second-order valence-electron chi connectivity index (χ2n) is 5.07. The number of nitrogens with zero attached hydrogens (tertiary/aromatic N) is 1. The molecule has 1 aromatic heterocycles. The molecule has 3 heteroatoms. The van der Waals surface area contributed by atoms with Gasteiger partial charge in [-0.1, -0.05) is 18.9 Å². The van der Waals surface area contributed by atoms with Crippen LogP contribution in [0.15, 0.2) is 33.9 Å². The van der Waals surface area contributed by atoms with Crippen LogP contribution in [0.25, 0.3) is 11.0 Å². The smallest absolute Gasteiger partial charge is 0.235 e. The Kier molecular flexibility index (Phi) is 2.57. The fraction of sp³-hybridized carbons (Fsp3) is 0.400. The van der Waals surface area contributed by atoms with Crippen LogP contribution in [0.5, 0.6) is 0 Å². The van der Waals surface area contributed by atoms with Crippen LogP contribution in [0.1, 0.15) is 36.8 Å². The SMILES string of the molecule is Cc1coc2ccc(C3(N=C=O)CCCC3)cc12. The summed E-state index contributed by atoms with van der Waals surface area (Å²) in [6.45, 7) is 2.03. The Balaban J connectivity index is 2.17. The van der Waals surface area contributed by atoms with Crippen LogP contribution < -0.4 is 0 Å². The largest absolute Gasteiger partial charge is 0.464 e. The fourth-order valence-electron chi connectivity index (χ4n) is 2.96. The van der Waals surface area contributed by atoms with Gasteiger partial charge >= 0.3 is 0 Å². The Morgan fingerprint density at radius 1 is 1.33 bits per heavy atom. The lowest BCUT2D eigenvalue weighted by atomic mass is 9.88. The van der Waals surface area contributed by atoms with E-state index in [4.69, 9.17) is 4.42 Å². The van der Waals surface area contributed by atoms with E-state index in [1.54, 1.807) is 12.3 Å². The van der Waals surface area contributed by atoms with Gasteiger partial charge in [0.25, 0.3) is 0 Å². The summed E-state index contributed by atoms with van der Waals surface area (Å²) in [6.07, 6.45) is 7.63. The third kappa shape index (κ3) is 1.59. The standard InChI is InChI=1S/C15H15NO2/c1-11-9-18-14-5-4-12(8-13(11)14)15(16-10-17)6-2-3-7-15/h4-5,8-9H,2-3,6-7H2,1H3. The second-order valence-corrected chi connectivity index (χ2v) is 5.07. The molecule has 1 aromatic carbocycles. The molecule has 3 nitrogen and oxygen atoms in total. The number of carbonyl (C=O) groups excluding carboxylic acids is 1. The normalized spacial score (nSPS) is 17.8. The number of aliphatic imine (C=N–C) groups is 1. The molecular weight excluding hydrogens is 226 g/mol. The molecule has 1 heterocycles. The van der Waals surface area contributed by atoms with Gasteiger partial charge < -0.3 is 4.42 Å². The Hall–Kier alpha value is -1.86. The van der Waals surface area contributed by atoms with Crippen LogP contribution in [0, 0.1) is 6.92 Å². The molecule has 0 radical (unpaired) electrons. The zero-order valence-corrected chi connectivity index (χ0v) is 10.4. The number of furan rings is 1. The van der Waals surface area contributed by atoms with Gasteiger partial charge in [0.15, 0.2) is 0 Å². The summed E-state index contributed by atoms with van der Waals surface area (Å²) in [5.74, 6) is 0. The first-order chi connectivity index (χ1) is 8.75. The molecule has 0 atom stereocenters. The van der Waals surface area contributed by atoms with E-state index in [0.29, 0.717) is 0 Å². The van der Waals surface area contributed by atoms with Gasteiger partial charge in [0.1, 0.15) is 5.58 Å². The van der Waals surface area contributed by atoms with Gasteiger partial charge in [0, 0.05) is 5.39 Å². The molecule has 0 aliphatic heterocycles. The van der Waals surface area contributed by atoms with Gasteiger partial charge in [-0.3, -0.25) is 0 Å². The van der Waals surface area contributed by atoms with E-state index < -0.39 is 0 Å². The Labute approximate surface area is 106 Å². The van der Waals surface area contributed by atoms with Gasteiger partial charge in [-0.05, 0) is 43.0 Å². The van der Waals surface area contributed by atoms with Gasteiger partial charge in [0.2, 0.25) is 6.08 Å². The summed E-state index contributed by atoms with van der Waals surface area (Å²) >= 11 is 0. The Morgan fingerprint density at radius 2 is 2.11 bits per heavy atom. The maximum Gasteiger partial charge on any atom is 0.235 e. The number of fused-ring (bicyclic) bond motifs is 1. The first-order valence-electron chi connectivity index (χ1n) is 6.32. The molecule has 0 N–H and O–H groups in total. The lowest BCUT2D eigenvalue weighted by molar-refractivity contribution is 0.456. The number of rotatable bonds is 2. The van der Waals surface area contributed by atoms with Crippen LogP contribution in [0.4, 0.5) is 0 Å². The summed E-state index contributed by atoms with van der Waals surface area (Å²) in [5.41, 5.74) is 2.77. The van der Waals surface area contributed by atoms with Crippen molar-refractivity contribution in [3.63, 3.8) is 0 Å². The summed E-state index contributed by atoms with van der Waals surface area (Å²) in [4.78, 5) is 14.8. The van der Waals surface area contributed by atoms with Crippen LogP contribution in [-0.2, 0) is 10.3 Å². The lowest BCUT2D eigenvalue weighted by Gasteiger charge is -2.22. The molecule has 1 aliphatic rings. The monoisotopic (exact) mass is 241 g/mol. The van der Waals surface area contributed by atoms with Crippen molar-refractivity contribution in [2.45, 2.75) is 38.1 Å². The molecule has 0 amide bonds. The predicted molar refractivity (Wildman–Crippen MR) is 69.2 cm³/mol. The maximum atomic E-state index is 10.7. The van der Waals surface area contributed by atoms with Crippen molar-refractivity contribution in [2.75, 3.05) is 0 Å². The van der Waals surface area contributed by atoms with E-state index in [1.165, 1.54) is 0 Å². The van der Waals surface area contributed by atoms with Crippen LogP contribution in [0.3, 0.4) is 0 Å². The number of hydrogen-bond donors (Lipinski definition) is 0. The van der Waals surface area contributed by atoms with Crippen molar-refractivity contribution in [2.24, 2.45) is 4.99 Å². The minimum Gasteiger partial charge on any atom is -0.464 e. The van der Waals surface area contributed by atoms with Crippen LogP contribution >= 0.6 is 0 Å². The number of benzene rings is 1. The molecule has 92 valence electrons. The number of isocyanates is 1. The van der Waals surface area contributed by atoms with Crippen molar-refractivity contribution in [3.8, 4) is 0 Å². The fourth-order valence-corrected chi connectivity index (χ4v) is 2.96. The van der Waals surface area contributed by atoms with E-state index in [0.717, 1.165) is 47.8 Å². The van der Waals surface area contributed by atoms with E-state index in [-0.39, 0.29) is 5.54 Å². The highest BCUT2D eigenvalue weighted by Crippen LogP contribution is 2.43. The Morgan fingerprint density at radius 3 is 2.83 bits per heavy atom. The molecule has 18 heavy (non-hydrogen) atoms. The minimum absolute atomic E-state index is 0.348. The third-order valence-corrected chi connectivity index (χ3v) is 3.99. The molecule has 0 spiro atoms. The van der Waals surface area contributed by atoms with Gasteiger partial charge in [0.05, 0.1) is 11.8 Å². The zero-order valence-electron chi connectivity index (χ0n) is 10.4. The number of hydrogen-bond acceptors (Lipinski definition) is 3. The maximum absolute atomic E-state index is 10.7. The lowest BCUT2D eigenvalue weighted by Crippen LogP contribution is -2.18. The first-order valence-corrected chi connectivity index (χ1v) is 6.32. The third-order valence-electron chi connectivity index (χ3n) is 3.99. The van der Waals surface area contributed by atoms with Crippen molar-refractivity contribution in [3.05, 3.63) is 35.6 Å². The quantitative estimate of drug-likeness (QED) is 0.592.